The Kier molecular flexibility index (Phi) is 5.16. The molecule has 1 fully saturated rings. The average Bonchev–Trinajstić information content (AvgIpc) is 2.75. The molecule has 0 bridgehead atoms. The van der Waals surface area contributed by atoms with Gasteiger partial charge in [0.25, 0.3) is 5.91 Å². The number of carbonyl (C=O) groups is 2. The summed E-state index contributed by atoms with van der Waals surface area (Å²) < 4.78 is 42.0. The van der Waals surface area contributed by atoms with Crippen LogP contribution < -0.4 is 0 Å². The SMILES string of the molecule is CCCN(CC(F)(F)F)C(=O)[C@@H]1CC[C@H](C(=O)O)O1. The van der Waals surface area contributed by atoms with Crippen molar-refractivity contribution in [3.63, 3.8) is 0 Å². The molecule has 0 spiro atoms. The van der Waals surface area contributed by atoms with Crippen molar-refractivity contribution in [2.24, 2.45) is 0 Å². The van der Waals surface area contributed by atoms with Crippen LogP contribution in [0.3, 0.4) is 0 Å². The number of nitrogens with zero attached hydrogens (tertiary/aromatic N) is 1. The highest BCUT2D eigenvalue weighted by molar-refractivity contribution is 5.82. The predicted molar refractivity (Wildman–Crippen MR) is 58.5 cm³/mol. The number of alkyl halides is 3. The van der Waals surface area contributed by atoms with E-state index in [-0.39, 0.29) is 19.4 Å². The zero-order valence-electron chi connectivity index (χ0n) is 10.4. The van der Waals surface area contributed by atoms with Crippen molar-refractivity contribution in [1.29, 1.82) is 0 Å². The molecule has 110 valence electrons. The largest absolute Gasteiger partial charge is 0.479 e. The van der Waals surface area contributed by atoms with Crippen LogP contribution in [0.25, 0.3) is 0 Å². The van der Waals surface area contributed by atoms with Gasteiger partial charge >= 0.3 is 12.1 Å². The number of carbonyl (C=O) groups excluding carboxylic acids is 1. The van der Waals surface area contributed by atoms with Crippen molar-refractivity contribution >= 4 is 11.9 Å². The second-order valence-electron chi connectivity index (χ2n) is 4.40. The number of hydrogen-bond donors (Lipinski definition) is 1. The monoisotopic (exact) mass is 283 g/mol. The summed E-state index contributed by atoms with van der Waals surface area (Å²) in [4.78, 5) is 23.2. The lowest BCUT2D eigenvalue weighted by atomic mass is 10.1. The van der Waals surface area contributed by atoms with Gasteiger partial charge in [-0.25, -0.2) is 4.79 Å². The van der Waals surface area contributed by atoms with Gasteiger partial charge in [0, 0.05) is 6.54 Å². The maximum atomic E-state index is 12.4. The molecule has 0 aromatic carbocycles. The highest BCUT2D eigenvalue weighted by atomic mass is 19.4. The lowest BCUT2D eigenvalue weighted by Gasteiger charge is -2.26. The van der Waals surface area contributed by atoms with Gasteiger partial charge in [-0.3, -0.25) is 4.79 Å². The average molecular weight is 283 g/mol. The van der Waals surface area contributed by atoms with Crippen molar-refractivity contribution in [2.45, 2.75) is 44.6 Å². The number of carboxylic acids is 1. The molecule has 0 unspecified atom stereocenters. The minimum atomic E-state index is -4.48. The molecule has 1 rings (SSSR count). The normalized spacial score (nSPS) is 23.4. The number of amides is 1. The van der Waals surface area contributed by atoms with E-state index in [1.165, 1.54) is 0 Å². The predicted octanol–water partition coefficient (Wildman–Crippen LogP) is 1.42. The molecule has 1 N–H and O–H groups in total. The summed E-state index contributed by atoms with van der Waals surface area (Å²) >= 11 is 0. The molecule has 5 nitrogen and oxygen atoms in total. The molecule has 8 heteroatoms. The van der Waals surface area contributed by atoms with Crippen LogP contribution in [0.1, 0.15) is 26.2 Å². The van der Waals surface area contributed by atoms with Crippen molar-refractivity contribution in [1.82, 2.24) is 4.90 Å². The van der Waals surface area contributed by atoms with E-state index in [0.29, 0.717) is 11.3 Å². The smallest absolute Gasteiger partial charge is 0.406 e. The first-order valence-electron chi connectivity index (χ1n) is 5.98. The summed E-state index contributed by atoms with van der Waals surface area (Å²) in [7, 11) is 0. The highest BCUT2D eigenvalue weighted by Crippen LogP contribution is 2.24. The van der Waals surface area contributed by atoms with Crippen LogP contribution >= 0.6 is 0 Å². The highest BCUT2D eigenvalue weighted by Gasteiger charge is 2.40. The Labute approximate surface area is 108 Å². The van der Waals surface area contributed by atoms with E-state index in [4.69, 9.17) is 9.84 Å². The van der Waals surface area contributed by atoms with E-state index in [1.54, 1.807) is 6.92 Å². The maximum Gasteiger partial charge on any atom is 0.406 e. The minimum absolute atomic E-state index is 0.0318. The second kappa shape index (κ2) is 6.23. The Bertz CT molecular complexity index is 345. The third-order valence-electron chi connectivity index (χ3n) is 2.75. The summed E-state index contributed by atoms with van der Waals surface area (Å²) in [6, 6.07) is 0. The van der Waals surface area contributed by atoms with Crippen LogP contribution in [-0.2, 0) is 14.3 Å². The van der Waals surface area contributed by atoms with Gasteiger partial charge in [0.1, 0.15) is 12.6 Å². The standard InChI is InChI=1S/C11H16F3NO4/c1-2-5-15(6-11(12,13)14)9(16)7-3-4-8(19-7)10(17)18/h7-8H,2-6H2,1H3,(H,17,18)/t7-,8+/m0/s1. The lowest BCUT2D eigenvalue weighted by molar-refractivity contribution is -0.170. The van der Waals surface area contributed by atoms with Gasteiger partial charge in [0.2, 0.25) is 0 Å². The Morgan fingerprint density at radius 2 is 1.89 bits per heavy atom. The summed E-state index contributed by atoms with van der Waals surface area (Å²) in [5, 5.41) is 8.71. The molecular weight excluding hydrogens is 267 g/mol. The number of aliphatic carboxylic acids is 1. The molecular formula is C11H16F3NO4. The van der Waals surface area contributed by atoms with Gasteiger partial charge < -0.3 is 14.7 Å². The van der Waals surface area contributed by atoms with E-state index in [0.717, 1.165) is 0 Å². The van der Waals surface area contributed by atoms with Gasteiger partial charge in [-0.1, -0.05) is 6.92 Å². The van der Waals surface area contributed by atoms with Crippen LogP contribution in [0.2, 0.25) is 0 Å². The van der Waals surface area contributed by atoms with Crippen molar-refractivity contribution in [3.05, 3.63) is 0 Å². The summed E-state index contributed by atoms with van der Waals surface area (Å²) in [6.45, 7) is 0.291. The summed E-state index contributed by atoms with van der Waals surface area (Å²) in [5.74, 6) is -1.99. The maximum absolute atomic E-state index is 12.4. The van der Waals surface area contributed by atoms with Gasteiger partial charge in [-0.2, -0.15) is 13.2 Å². The number of halogens is 3. The van der Waals surface area contributed by atoms with E-state index in [2.05, 4.69) is 0 Å². The van der Waals surface area contributed by atoms with E-state index >= 15 is 0 Å². The van der Waals surface area contributed by atoms with Crippen molar-refractivity contribution < 1.29 is 32.6 Å². The van der Waals surface area contributed by atoms with Gasteiger partial charge in [-0.05, 0) is 19.3 Å². The first kappa shape index (κ1) is 15.7. The fraction of sp³-hybridized carbons (Fsp3) is 0.818. The van der Waals surface area contributed by atoms with Crippen molar-refractivity contribution in [2.75, 3.05) is 13.1 Å². The molecule has 1 aliphatic rings. The molecule has 0 aromatic heterocycles. The zero-order valence-corrected chi connectivity index (χ0v) is 10.4. The quantitative estimate of drug-likeness (QED) is 0.828. The Morgan fingerprint density at radius 1 is 1.32 bits per heavy atom. The first-order valence-corrected chi connectivity index (χ1v) is 5.98. The molecule has 0 radical (unpaired) electrons. The molecule has 1 saturated heterocycles. The van der Waals surface area contributed by atoms with Gasteiger partial charge in [0.15, 0.2) is 6.10 Å². The minimum Gasteiger partial charge on any atom is -0.479 e. The molecule has 0 saturated carbocycles. The number of hydrogen-bond acceptors (Lipinski definition) is 3. The second-order valence-corrected chi connectivity index (χ2v) is 4.40. The molecule has 0 aromatic rings. The fourth-order valence-corrected chi connectivity index (χ4v) is 1.96. The Balaban J connectivity index is 2.65. The van der Waals surface area contributed by atoms with E-state index in [9.17, 15) is 22.8 Å². The van der Waals surface area contributed by atoms with E-state index in [1.807, 2.05) is 0 Å². The van der Waals surface area contributed by atoms with Crippen LogP contribution in [0.5, 0.6) is 0 Å². The van der Waals surface area contributed by atoms with Gasteiger partial charge in [0.05, 0.1) is 0 Å². The molecule has 2 atom stereocenters. The van der Waals surface area contributed by atoms with E-state index < -0.39 is 36.8 Å². The Morgan fingerprint density at radius 3 is 2.32 bits per heavy atom. The van der Waals surface area contributed by atoms with Crippen LogP contribution in [0, 0.1) is 0 Å². The van der Waals surface area contributed by atoms with Crippen LogP contribution in [0.15, 0.2) is 0 Å². The van der Waals surface area contributed by atoms with Crippen LogP contribution in [0.4, 0.5) is 13.2 Å². The lowest BCUT2D eigenvalue weighted by Crippen LogP contribution is -2.44. The molecule has 0 aliphatic carbocycles. The zero-order chi connectivity index (χ0) is 14.6. The topological polar surface area (TPSA) is 66.8 Å². The first-order chi connectivity index (χ1) is 8.74. The van der Waals surface area contributed by atoms with Crippen molar-refractivity contribution in [3.8, 4) is 0 Å². The molecule has 1 heterocycles. The van der Waals surface area contributed by atoms with Gasteiger partial charge in [-0.15, -0.1) is 0 Å². The van der Waals surface area contributed by atoms with Crippen LogP contribution in [-0.4, -0.2) is 53.4 Å². The third-order valence-corrected chi connectivity index (χ3v) is 2.75. The third kappa shape index (κ3) is 4.70. The fourth-order valence-electron chi connectivity index (χ4n) is 1.96. The summed E-state index contributed by atoms with van der Waals surface area (Å²) in [5.41, 5.74) is 0. The Hall–Kier alpha value is -1.31. The molecule has 19 heavy (non-hydrogen) atoms. The number of ether oxygens (including phenoxy) is 1. The molecule has 1 aliphatic heterocycles. The molecule has 1 amide bonds. The number of carboxylic acid groups (broad SMARTS) is 1. The number of rotatable bonds is 5. The summed E-state index contributed by atoms with van der Waals surface area (Å²) in [6.07, 6.45) is -6.02.